The van der Waals surface area contributed by atoms with Crippen molar-refractivity contribution in [2.24, 2.45) is 0 Å². The maximum atomic E-state index is 13.1. The minimum atomic E-state index is -1.30. The van der Waals surface area contributed by atoms with Gasteiger partial charge in [0.05, 0.1) is 5.97 Å². The van der Waals surface area contributed by atoms with Gasteiger partial charge in [-0.15, -0.1) is 0 Å². The Kier molecular flexibility index (Phi) is 6.70. The van der Waals surface area contributed by atoms with Crippen LogP contribution in [0.4, 0.5) is 11.4 Å². The number of imide groups is 1. The highest BCUT2D eigenvalue weighted by Gasteiger charge is 2.42. The second kappa shape index (κ2) is 9.69. The minimum absolute atomic E-state index is 0.00280. The van der Waals surface area contributed by atoms with Crippen molar-refractivity contribution in [1.82, 2.24) is 4.90 Å². The number of amides is 3. The minimum Gasteiger partial charge on any atom is -0.545 e. The summed E-state index contributed by atoms with van der Waals surface area (Å²) < 4.78 is 0. The van der Waals surface area contributed by atoms with E-state index in [2.05, 4.69) is 10.6 Å². The third-order valence-corrected chi connectivity index (χ3v) is 6.49. The molecule has 4 rings (SSSR count). The molecule has 2 aliphatic rings. The number of aryl methyl sites for hydroxylation is 1. The van der Waals surface area contributed by atoms with Crippen molar-refractivity contribution < 1.29 is 24.3 Å². The van der Waals surface area contributed by atoms with E-state index in [0.29, 0.717) is 16.9 Å². The molecule has 1 aliphatic carbocycles. The summed E-state index contributed by atoms with van der Waals surface area (Å²) in [5, 5.41) is 16.4. The lowest BCUT2D eigenvalue weighted by Crippen LogP contribution is -2.42. The van der Waals surface area contributed by atoms with Crippen molar-refractivity contribution in [2.75, 3.05) is 10.6 Å². The van der Waals surface area contributed by atoms with Gasteiger partial charge in [-0.05, 0) is 55.2 Å². The predicted molar refractivity (Wildman–Crippen MR) is 125 cm³/mol. The number of aromatic carboxylic acids is 1. The first-order valence-corrected chi connectivity index (χ1v) is 11.4. The van der Waals surface area contributed by atoms with E-state index >= 15 is 0 Å². The van der Waals surface area contributed by atoms with E-state index in [0.717, 1.165) is 37.7 Å². The van der Waals surface area contributed by atoms with Gasteiger partial charge in [-0.2, -0.15) is 0 Å². The van der Waals surface area contributed by atoms with Gasteiger partial charge in [-0.25, -0.2) is 0 Å². The lowest BCUT2D eigenvalue weighted by atomic mass is 9.94. The van der Waals surface area contributed by atoms with E-state index in [9.17, 15) is 24.3 Å². The number of nitrogens with one attached hydrogen (secondary N) is 2. The standard InChI is InChI=1S/C25H24ClN3O5/c1-14-7-8-16(22(30)27-17-11-9-15(10-12-17)25(33)34)13-19(14)28-21-20(26)23(31)29(24(21)32)18-5-3-2-4-6-18/h7-13,18,28H,2-6H2,1H3,(H,27,30)(H,33,34)/p-1. The van der Waals surface area contributed by atoms with Crippen LogP contribution >= 0.6 is 11.6 Å². The number of hydrogen-bond donors (Lipinski definition) is 2. The second-order valence-electron chi connectivity index (χ2n) is 8.43. The van der Waals surface area contributed by atoms with Crippen LogP contribution in [0.25, 0.3) is 0 Å². The van der Waals surface area contributed by atoms with Crippen LogP contribution in [0.3, 0.4) is 0 Å². The van der Waals surface area contributed by atoms with Crippen molar-refractivity contribution in [3.63, 3.8) is 0 Å². The first-order valence-electron chi connectivity index (χ1n) is 11.0. The maximum absolute atomic E-state index is 13.1. The monoisotopic (exact) mass is 480 g/mol. The van der Waals surface area contributed by atoms with Crippen LogP contribution in [0.15, 0.2) is 53.2 Å². The quantitative estimate of drug-likeness (QED) is 0.613. The summed E-state index contributed by atoms with van der Waals surface area (Å²) in [5.41, 5.74) is 1.95. The predicted octanol–water partition coefficient (Wildman–Crippen LogP) is 3.17. The van der Waals surface area contributed by atoms with E-state index < -0.39 is 23.7 Å². The zero-order valence-electron chi connectivity index (χ0n) is 18.5. The molecule has 8 nitrogen and oxygen atoms in total. The number of carboxylic acids is 1. The molecule has 0 atom stereocenters. The number of carbonyl (C=O) groups is 4. The summed E-state index contributed by atoms with van der Waals surface area (Å²) in [7, 11) is 0. The lowest BCUT2D eigenvalue weighted by Gasteiger charge is -2.29. The molecule has 2 aromatic carbocycles. The Morgan fingerprint density at radius 2 is 1.62 bits per heavy atom. The van der Waals surface area contributed by atoms with Crippen LogP contribution in [0.5, 0.6) is 0 Å². The van der Waals surface area contributed by atoms with E-state index in [4.69, 9.17) is 11.6 Å². The summed E-state index contributed by atoms with van der Waals surface area (Å²) in [6.45, 7) is 1.80. The largest absolute Gasteiger partial charge is 0.545 e. The Balaban J connectivity index is 1.51. The number of carboxylic acid groups (broad SMARTS) is 1. The molecule has 176 valence electrons. The van der Waals surface area contributed by atoms with Gasteiger partial charge in [0.2, 0.25) is 0 Å². The summed E-state index contributed by atoms with van der Waals surface area (Å²) in [6.07, 6.45) is 4.57. The van der Waals surface area contributed by atoms with Crippen LogP contribution in [0, 0.1) is 6.92 Å². The molecular formula is C25H23ClN3O5-. The molecule has 1 saturated carbocycles. The van der Waals surface area contributed by atoms with Gasteiger partial charge in [-0.3, -0.25) is 19.3 Å². The molecule has 0 aromatic heterocycles. The molecule has 3 amide bonds. The molecule has 1 heterocycles. The number of nitrogens with zero attached hydrogens (tertiary/aromatic N) is 1. The van der Waals surface area contributed by atoms with Crippen LogP contribution in [0.2, 0.25) is 0 Å². The van der Waals surface area contributed by atoms with Crippen molar-refractivity contribution in [2.45, 2.75) is 45.1 Å². The van der Waals surface area contributed by atoms with Crippen LogP contribution in [-0.2, 0) is 9.59 Å². The summed E-state index contributed by atoms with van der Waals surface area (Å²) in [4.78, 5) is 50.6. The normalized spacial score (nSPS) is 16.7. The summed E-state index contributed by atoms with van der Waals surface area (Å²) in [6, 6.07) is 10.3. The Labute approximate surface area is 201 Å². The Morgan fingerprint density at radius 1 is 0.971 bits per heavy atom. The summed E-state index contributed by atoms with van der Waals surface area (Å²) >= 11 is 6.26. The first kappa shape index (κ1) is 23.5. The molecule has 0 spiro atoms. The van der Waals surface area contributed by atoms with Gasteiger partial charge in [0.1, 0.15) is 10.7 Å². The Morgan fingerprint density at radius 3 is 2.26 bits per heavy atom. The highest BCUT2D eigenvalue weighted by Crippen LogP contribution is 2.33. The molecule has 34 heavy (non-hydrogen) atoms. The molecule has 1 fully saturated rings. The molecule has 0 radical (unpaired) electrons. The number of carbonyl (C=O) groups excluding carboxylic acids is 4. The average molecular weight is 481 g/mol. The first-order chi connectivity index (χ1) is 16.3. The number of anilines is 2. The molecule has 2 aromatic rings. The number of halogens is 1. The lowest BCUT2D eigenvalue weighted by molar-refractivity contribution is -0.255. The van der Waals surface area contributed by atoms with Crippen molar-refractivity contribution in [3.05, 3.63) is 69.9 Å². The van der Waals surface area contributed by atoms with Gasteiger partial charge >= 0.3 is 0 Å². The van der Waals surface area contributed by atoms with Crippen LogP contribution in [-0.4, -0.2) is 34.6 Å². The fourth-order valence-electron chi connectivity index (χ4n) is 4.22. The van der Waals surface area contributed by atoms with Gasteiger partial charge in [-0.1, -0.05) is 49.1 Å². The fourth-order valence-corrected chi connectivity index (χ4v) is 4.44. The van der Waals surface area contributed by atoms with E-state index in [-0.39, 0.29) is 22.3 Å². The van der Waals surface area contributed by atoms with E-state index in [1.807, 2.05) is 0 Å². The van der Waals surface area contributed by atoms with E-state index in [1.165, 1.54) is 29.2 Å². The average Bonchev–Trinajstić information content (AvgIpc) is 3.04. The smallest absolute Gasteiger partial charge is 0.279 e. The van der Waals surface area contributed by atoms with Crippen molar-refractivity contribution in [3.8, 4) is 0 Å². The fraction of sp³-hybridized carbons (Fsp3) is 0.280. The van der Waals surface area contributed by atoms with Crippen LogP contribution < -0.4 is 15.7 Å². The molecule has 0 bridgehead atoms. The molecular weight excluding hydrogens is 458 g/mol. The van der Waals surface area contributed by atoms with Gasteiger partial charge < -0.3 is 20.5 Å². The molecule has 1 aliphatic heterocycles. The van der Waals surface area contributed by atoms with Gasteiger partial charge in [0.25, 0.3) is 17.7 Å². The third kappa shape index (κ3) is 4.68. The topological polar surface area (TPSA) is 119 Å². The second-order valence-corrected chi connectivity index (χ2v) is 8.81. The molecule has 9 heteroatoms. The number of rotatable bonds is 6. The zero-order chi connectivity index (χ0) is 24.4. The highest BCUT2D eigenvalue weighted by atomic mass is 35.5. The molecule has 0 saturated heterocycles. The summed E-state index contributed by atoms with van der Waals surface area (Å²) in [5.74, 6) is -2.68. The Hall–Kier alpha value is -3.65. The van der Waals surface area contributed by atoms with Gasteiger partial charge in [0.15, 0.2) is 0 Å². The molecule has 2 N–H and O–H groups in total. The maximum Gasteiger partial charge on any atom is 0.279 e. The SMILES string of the molecule is Cc1ccc(C(=O)Nc2ccc(C(=O)[O-])cc2)cc1NC1=C(Cl)C(=O)N(C2CCCCC2)C1=O. The zero-order valence-corrected chi connectivity index (χ0v) is 19.3. The van der Waals surface area contributed by atoms with Crippen molar-refractivity contribution in [1.29, 1.82) is 0 Å². The number of benzene rings is 2. The van der Waals surface area contributed by atoms with E-state index in [1.54, 1.807) is 25.1 Å². The van der Waals surface area contributed by atoms with Crippen LogP contribution in [0.1, 0.15) is 58.4 Å². The molecule has 0 unspecified atom stereocenters. The Bertz CT molecular complexity index is 1200. The van der Waals surface area contributed by atoms with Gasteiger partial charge in [0, 0.05) is 23.0 Å². The highest BCUT2D eigenvalue weighted by molar-refractivity contribution is 6.48. The van der Waals surface area contributed by atoms with Crippen molar-refractivity contribution >= 4 is 46.7 Å². The third-order valence-electron chi connectivity index (χ3n) is 6.14. The number of hydrogen-bond acceptors (Lipinski definition) is 6.